The maximum Gasteiger partial charge on any atom is 0.284 e. The molecule has 0 atom stereocenters. The van der Waals surface area contributed by atoms with Crippen LogP contribution in [0.15, 0.2) is 0 Å². The van der Waals surface area contributed by atoms with Crippen LogP contribution in [0.1, 0.15) is 22.6 Å². The normalized spacial score (nSPS) is 18.6. The van der Waals surface area contributed by atoms with E-state index in [4.69, 9.17) is 10.5 Å². The van der Waals surface area contributed by atoms with Gasteiger partial charge < -0.3 is 20.5 Å². The highest BCUT2D eigenvalue weighted by atomic mass is 32.1. The Morgan fingerprint density at radius 1 is 1.56 bits per heavy atom. The predicted octanol–water partition coefficient (Wildman–Crippen LogP) is -0.266. The van der Waals surface area contributed by atoms with E-state index in [1.54, 1.807) is 7.05 Å². The first kappa shape index (κ1) is 13.2. The van der Waals surface area contributed by atoms with Gasteiger partial charge in [-0.3, -0.25) is 4.79 Å². The molecule has 1 saturated heterocycles. The molecule has 0 spiro atoms. The summed E-state index contributed by atoms with van der Waals surface area (Å²) in [5.41, 5.74) is 4.56. The molecule has 0 aliphatic carbocycles. The molecule has 1 aliphatic rings. The minimum atomic E-state index is -0.876. The number of carbonyl (C=O) groups excluding carboxylic acids is 1. The van der Waals surface area contributed by atoms with E-state index >= 15 is 0 Å². The van der Waals surface area contributed by atoms with Gasteiger partial charge in [-0.1, -0.05) is 11.3 Å². The zero-order valence-electron chi connectivity index (χ0n) is 10.1. The third kappa shape index (κ3) is 2.95. The lowest BCUT2D eigenvalue weighted by Gasteiger charge is -2.35. The molecule has 0 bridgehead atoms. The number of anilines is 1. The minimum Gasteiger partial charge on any atom is -0.388 e. The van der Waals surface area contributed by atoms with Crippen molar-refractivity contribution in [3.8, 4) is 0 Å². The van der Waals surface area contributed by atoms with Crippen LogP contribution in [0.4, 0.5) is 5.13 Å². The summed E-state index contributed by atoms with van der Waals surface area (Å²) >= 11 is 1.04. The van der Waals surface area contributed by atoms with E-state index in [2.05, 4.69) is 10.2 Å². The number of aliphatic hydroxyl groups is 1. The van der Waals surface area contributed by atoms with E-state index in [1.165, 1.54) is 4.90 Å². The van der Waals surface area contributed by atoms with Gasteiger partial charge in [0.1, 0.15) is 0 Å². The number of likely N-dealkylation sites (N-methyl/N-ethyl adjacent to an activating group) is 1. The predicted molar refractivity (Wildman–Crippen MR) is 66.3 cm³/mol. The molecule has 0 saturated carbocycles. The van der Waals surface area contributed by atoms with E-state index < -0.39 is 5.60 Å². The zero-order valence-corrected chi connectivity index (χ0v) is 10.9. The van der Waals surface area contributed by atoms with Gasteiger partial charge in [-0.15, -0.1) is 10.2 Å². The van der Waals surface area contributed by atoms with E-state index in [1.807, 2.05) is 0 Å². The van der Waals surface area contributed by atoms with E-state index in [9.17, 15) is 9.90 Å². The topological polar surface area (TPSA) is 102 Å². The number of nitrogen functional groups attached to an aromatic ring is 1. The molecule has 1 amide bonds. The van der Waals surface area contributed by atoms with Gasteiger partial charge in [0.15, 0.2) is 0 Å². The number of nitrogens with two attached hydrogens (primary N) is 1. The lowest BCUT2D eigenvalue weighted by molar-refractivity contribution is -0.0734. The third-order valence-electron chi connectivity index (χ3n) is 2.93. The van der Waals surface area contributed by atoms with E-state index in [-0.39, 0.29) is 22.6 Å². The lowest BCUT2D eigenvalue weighted by atomic mass is 9.94. The van der Waals surface area contributed by atoms with E-state index in [0.29, 0.717) is 26.1 Å². The van der Waals surface area contributed by atoms with Gasteiger partial charge in [0.05, 0.1) is 5.60 Å². The van der Waals surface area contributed by atoms with Gasteiger partial charge in [-0.05, 0) is 0 Å². The number of ether oxygens (including phenoxy) is 1. The summed E-state index contributed by atoms with van der Waals surface area (Å²) in [6.07, 6.45) is 1.06. The van der Waals surface area contributed by atoms with Crippen molar-refractivity contribution in [3.63, 3.8) is 0 Å². The Morgan fingerprint density at radius 3 is 2.78 bits per heavy atom. The Morgan fingerprint density at radius 2 is 2.22 bits per heavy atom. The average Bonchev–Trinajstić information content (AvgIpc) is 2.75. The standard InChI is InChI=1S/C10H16N4O3S/c1-14(6-10(16)2-4-17-5-3-10)8(15)7-12-13-9(11)18-7/h16H,2-6H2,1H3,(H2,11,13). The van der Waals surface area contributed by atoms with Crippen LogP contribution < -0.4 is 5.73 Å². The molecule has 1 aromatic heterocycles. The maximum absolute atomic E-state index is 12.0. The molecule has 0 unspecified atom stereocenters. The Kier molecular flexibility index (Phi) is 3.79. The summed E-state index contributed by atoms with van der Waals surface area (Å²) in [6, 6.07) is 0. The van der Waals surface area contributed by atoms with Gasteiger partial charge in [-0.2, -0.15) is 0 Å². The van der Waals surface area contributed by atoms with Crippen molar-refractivity contribution in [2.75, 3.05) is 32.5 Å². The largest absolute Gasteiger partial charge is 0.388 e. The highest BCUT2D eigenvalue weighted by molar-refractivity contribution is 7.16. The van der Waals surface area contributed by atoms with Crippen LogP contribution in [0.2, 0.25) is 0 Å². The number of hydrogen-bond donors (Lipinski definition) is 2. The molecule has 1 aromatic rings. The van der Waals surface area contributed by atoms with E-state index in [0.717, 1.165) is 11.3 Å². The van der Waals surface area contributed by atoms with Gasteiger partial charge in [0.25, 0.3) is 5.91 Å². The summed E-state index contributed by atoms with van der Waals surface area (Å²) < 4.78 is 5.19. The second-order valence-corrected chi connectivity index (χ2v) is 5.45. The van der Waals surface area contributed by atoms with Crippen LogP contribution in [0, 0.1) is 0 Å². The number of aromatic nitrogens is 2. The molecule has 1 aliphatic heterocycles. The van der Waals surface area contributed by atoms with Crippen molar-refractivity contribution >= 4 is 22.4 Å². The average molecular weight is 272 g/mol. The third-order valence-corrected chi connectivity index (χ3v) is 3.67. The second-order valence-electron chi connectivity index (χ2n) is 4.44. The quantitative estimate of drug-likeness (QED) is 0.785. The highest BCUT2D eigenvalue weighted by Crippen LogP contribution is 2.22. The first-order valence-electron chi connectivity index (χ1n) is 5.65. The molecular formula is C10H16N4O3S. The van der Waals surface area contributed by atoms with Gasteiger partial charge in [-0.25, -0.2) is 0 Å². The Bertz CT molecular complexity index is 431. The summed E-state index contributed by atoms with van der Waals surface area (Å²) in [7, 11) is 1.63. The first-order chi connectivity index (χ1) is 8.50. The summed E-state index contributed by atoms with van der Waals surface area (Å²) in [4.78, 5) is 13.5. The summed E-state index contributed by atoms with van der Waals surface area (Å²) in [5.74, 6) is -0.274. The number of rotatable bonds is 3. The van der Waals surface area contributed by atoms with Crippen molar-refractivity contribution in [3.05, 3.63) is 5.01 Å². The van der Waals surface area contributed by atoms with Crippen LogP contribution in [0.25, 0.3) is 0 Å². The summed E-state index contributed by atoms with van der Waals surface area (Å²) in [5, 5.41) is 18.1. The SMILES string of the molecule is CN(CC1(O)CCOCC1)C(=O)c1nnc(N)s1. The number of carbonyl (C=O) groups is 1. The zero-order chi connectivity index (χ0) is 13.2. The highest BCUT2D eigenvalue weighted by Gasteiger charge is 2.33. The molecule has 7 nitrogen and oxygen atoms in total. The fourth-order valence-corrected chi connectivity index (χ4v) is 2.51. The summed E-state index contributed by atoms with van der Waals surface area (Å²) in [6.45, 7) is 1.29. The van der Waals surface area contributed by atoms with Crippen LogP contribution in [-0.2, 0) is 4.74 Å². The Labute approximate surface area is 109 Å². The second kappa shape index (κ2) is 5.17. The molecule has 1 fully saturated rings. The molecular weight excluding hydrogens is 256 g/mol. The molecule has 2 rings (SSSR count). The van der Waals surface area contributed by atoms with Crippen molar-refractivity contribution < 1.29 is 14.6 Å². The van der Waals surface area contributed by atoms with Crippen molar-refractivity contribution in [2.24, 2.45) is 0 Å². The fraction of sp³-hybridized carbons (Fsp3) is 0.700. The molecule has 2 heterocycles. The molecule has 0 aromatic carbocycles. The molecule has 0 radical (unpaired) electrons. The molecule has 100 valence electrons. The van der Waals surface area contributed by atoms with Crippen LogP contribution in [0.5, 0.6) is 0 Å². The number of nitrogens with zero attached hydrogens (tertiary/aromatic N) is 3. The number of hydrogen-bond acceptors (Lipinski definition) is 7. The lowest BCUT2D eigenvalue weighted by Crippen LogP contribution is -2.47. The monoisotopic (exact) mass is 272 g/mol. The smallest absolute Gasteiger partial charge is 0.284 e. The Balaban J connectivity index is 1.98. The van der Waals surface area contributed by atoms with Crippen LogP contribution in [0.3, 0.4) is 0 Å². The maximum atomic E-state index is 12.0. The van der Waals surface area contributed by atoms with Crippen molar-refractivity contribution in [1.82, 2.24) is 15.1 Å². The molecule has 3 N–H and O–H groups in total. The van der Waals surface area contributed by atoms with Gasteiger partial charge in [0, 0.05) is 39.6 Å². The minimum absolute atomic E-state index is 0.241. The molecule has 8 heteroatoms. The fourth-order valence-electron chi connectivity index (χ4n) is 1.91. The van der Waals surface area contributed by atoms with Crippen molar-refractivity contribution in [1.29, 1.82) is 0 Å². The van der Waals surface area contributed by atoms with Gasteiger partial charge in [0.2, 0.25) is 10.1 Å². The number of amides is 1. The van der Waals surface area contributed by atoms with Gasteiger partial charge >= 0.3 is 0 Å². The Hall–Kier alpha value is -1.25. The van der Waals surface area contributed by atoms with Crippen LogP contribution >= 0.6 is 11.3 Å². The molecule has 18 heavy (non-hydrogen) atoms. The first-order valence-corrected chi connectivity index (χ1v) is 6.46. The van der Waals surface area contributed by atoms with Crippen LogP contribution in [-0.4, -0.2) is 58.5 Å². The van der Waals surface area contributed by atoms with Crippen molar-refractivity contribution in [2.45, 2.75) is 18.4 Å².